The number of halogens is 2. The number of anilines is 1. The summed E-state index contributed by atoms with van der Waals surface area (Å²) in [5, 5.41) is 4.83. The second-order valence-corrected chi connectivity index (χ2v) is 5.83. The van der Waals surface area contributed by atoms with Crippen molar-refractivity contribution in [3.05, 3.63) is 57.1 Å². The Morgan fingerprint density at radius 2 is 2.05 bits per heavy atom. The highest BCUT2D eigenvalue weighted by atomic mass is 35.5. The molecule has 0 bridgehead atoms. The molecule has 1 heterocycles. The van der Waals surface area contributed by atoms with E-state index in [2.05, 4.69) is 5.32 Å². The predicted molar refractivity (Wildman–Crippen MR) is 84.2 cm³/mol. The Balaban J connectivity index is 1.84. The number of benzene rings is 2. The smallest absolute Gasteiger partial charge is 0.127 e. The molecular formula is C16H15Cl2NO. The number of ether oxygens (including phenoxy) is 1. The standard InChI is InChI=1S/C16H15Cl2NO/c1-10-2-3-14(18)15(6-10)19-9-12-8-13(17)7-11-4-5-20-16(11)12/h2-3,6-8,19H,4-5,9H2,1H3. The van der Waals surface area contributed by atoms with Crippen molar-refractivity contribution in [3.63, 3.8) is 0 Å². The van der Waals surface area contributed by atoms with Crippen molar-refractivity contribution < 1.29 is 4.74 Å². The van der Waals surface area contributed by atoms with Gasteiger partial charge in [-0.25, -0.2) is 0 Å². The first-order valence-electron chi connectivity index (χ1n) is 6.57. The summed E-state index contributed by atoms with van der Waals surface area (Å²) in [6.07, 6.45) is 0.925. The minimum absolute atomic E-state index is 0.645. The fraction of sp³-hybridized carbons (Fsp3) is 0.250. The molecule has 4 heteroatoms. The van der Waals surface area contributed by atoms with Crippen LogP contribution in [0.5, 0.6) is 5.75 Å². The summed E-state index contributed by atoms with van der Waals surface area (Å²) >= 11 is 12.3. The van der Waals surface area contributed by atoms with Gasteiger partial charge in [0.05, 0.1) is 17.3 Å². The quantitative estimate of drug-likeness (QED) is 0.875. The van der Waals surface area contributed by atoms with E-state index in [0.29, 0.717) is 6.54 Å². The summed E-state index contributed by atoms with van der Waals surface area (Å²) in [7, 11) is 0. The summed E-state index contributed by atoms with van der Waals surface area (Å²) in [4.78, 5) is 0. The van der Waals surface area contributed by atoms with E-state index in [1.165, 1.54) is 11.1 Å². The van der Waals surface area contributed by atoms with Crippen LogP contribution >= 0.6 is 23.2 Å². The lowest BCUT2D eigenvalue weighted by Gasteiger charge is -2.12. The maximum absolute atomic E-state index is 6.19. The Kier molecular flexibility index (Phi) is 3.77. The Labute approximate surface area is 128 Å². The molecule has 0 amide bonds. The molecule has 1 N–H and O–H groups in total. The molecule has 0 aliphatic carbocycles. The molecule has 104 valence electrons. The molecule has 1 aliphatic heterocycles. The Morgan fingerprint density at radius 1 is 1.20 bits per heavy atom. The van der Waals surface area contributed by atoms with E-state index in [4.69, 9.17) is 27.9 Å². The Morgan fingerprint density at radius 3 is 2.90 bits per heavy atom. The van der Waals surface area contributed by atoms with Crippen LogP contribution in [-0.4, -0.2) is 6.61 Å². The zero-order valence-electron chi connectivity index (χ0n) is 11.2. The van der Waals surface area contributed by atoms with Crippen LogP contribution in [0.4, 0.5) is 5.69 Å². The molecule has 0 saturated heterocycles. The van der Waals surface area contributed by atoms with Gasteiger partial charge in [-0.05, 0) is 42.3 Å². The van der Waals surface area contributed by atoms with Crippen LogP contribution in [-0.2, 0) is 13.0 Å². The van der Waals surface area contributed by atoms with E-state index in [-0.39, 0.29) is 0 Å². The third kappa shape index (κ3) is 2.72. The molecule has 0 radical (unpaired) electrons. The Hall–Kier alpha value is -1.38. The van der Waals surface area contributed by atoms with Crippen LogP contribution in [0.3, 0.4) is 0 Å². The molecule has 2 aromatic rings. The van der Waals surface area contributed by atoms with Crippen molar-refractivity contribution in [3.8, 4) is 5.75 Å². The van der Waals surface area contributed by atoms with Gasteiger partial charge in [0.1, 0.15) is 5.75 Å². The molecule has 20 heavy (non-hydrogen) atoms. The van der Waals surface area contributed by atoms with Gasteiger partial charge in [0.15, 0.2) is 0 Å². The minimum Gasteiger partial charge on any atom is -0.493 e. The van der Waals surface area contributed by atoms with Crippen molar-refractivity contribution >= 4 is 28.9 Å². The van der Waals surface area contributed by atoms with Crippen molar-refractivity contribution in [2.24, 2.45) is 0 Å². The maximum Gasteiger partial charge on any atom is 0.127 e. The number of aryl methyl sites for hydroxylation is 1. The molecule has 0 saturated carbocycles. The van der Waals surface area contributed by atoms with Crippen LogP contribution in [0.2, 0.25) is 10.0 Å². The van der Waals surface area contributed by atoms with Gasteiger partial charge in [0, 0.05) is 23.6 Å². The van der Waals surface area contributed by atoms with E-state index in [1.54, 1.807) is 0 Å². The Bertz CT molecular complexity index is 655. The number of nitrogens with one attached hydrogen (secondary N) is 1. The van der Waals surface area contributed by atoms with Crippen molar-refractivity contribution in [2.45, 2.75) is 19.9 Å². The zero-order chi connectivity index (χ0) is 14.1. The molecule has 0 spiro atoms. The summed E-state index contributed by atoms with van der Waals surface area (Å²) in [5.41, 5.74) is 4.36. The van der Waals surface area contributed by atoms with E-state index >= 15 is 0 Å². The van der Waals surface area contributed by atoms with E-state index in [0.717, 1.165) is 40.1 Å². The highest BCUT2D eigenvalue weighted by Gasteiger charge is 2.17. The molecular weight excluding hydrogens is 293 g/mol. The normalized spacial score (nSPS) is 12.9. The molecule has 3 rings (SSSR count). The number of hydrogen-bond donors (Lipinski definition) is 1. The molecule has 0 fully saturated rings. The first-order valence-corrected chi connectivity index (χ1v) is 7.33. The van der Waals surface area contributed by atoms with Crippen molar-refractivity contribution in [1.82, 2.24) is 0 Å². The van der Waals surface area contributed by atoms with Crippen LogP contribution in [0.15, 0.2) is 30.3 Å². The number of fused-ring (bicyclic) bond motifs is 1. The van der Waals surface area contributed by atoms with Gasteiger partial charge in [-0.2, -0.15) is 0 Å². The van der Waals surface area contributed by atoms with Gasteiger partial charge in [-0.15, -0.1) is 0 Å². The lowest BCUT2D eigenvalue weighted by Crippen LogP contribution is -2.02. The second-order valence-electron chi connectivity index (χ2n) is 4.99. The van der Waals surface area contributed by atoms with Gasteiger partial charge < -0.3 is 10.1 Å². The zero-order valence-corrected chi connectivity index (χ0v) is 12.7. The highest BCUT2D eigenvalue weighted by Crippen LogP contribution is 2.33. The molecule has 2 nitrogen and oxygen atoms in total. The third-order valence-electron chi connectivity index (χ3n) is 3.42. The fourth-order valence-corrected chi connectivity index (χ4v) is 2.89. The average molecular weight is 308 g/mol. The van der Waals surface area contributed by atoms with Gasteiger partial charge in [-0.3, -0.25) is 0 Å². The van der Waals surface area contributed by atoms with Gasteiger partial charge in [0.2, 0.25) is 0 Å². The summed E-state index contributed by atoms with van der Waals surface area (Å²) in [6.45, 7) is 3.42. The first-order chi connectivity index (χ1) is 9.63. The molecule has 2 aromatic carbocycles. The summed E-state index contributed by atoms with van der Waals surface area (Å²) in [6, 6.07) is 9.86. The lowest BCUT2D eigenvalue weighted by molar-refractivity contribution is 0.354. The number of hydrogen-bond acceptors (Lipinski definition) is 2. The van der Waals surface area contributed by atoms with Crippen LogP contribution in [0.25, 0.3) is 0 Å². The van der Waals surface area contributed by atoms with Crippen LogP contribution in [0, 0.1) is 6.92 Å². The van der Waals surface area contributed by atoms with E-state index in [9.17, 15) is 0 Å². The average Bonchev–Trinajstić information content (AvgIpc) is 2.87. The monoisotopic (exact) mass is 307 g/mol. The van der Waals surface area contributed by atoms with Crippen LogP contribution in [0.1, 0.15) is 16.7 Å². The molecule has 0 aromatic heterocycles. The van der Waals surface area contributed by atoms with Crippen LogP contribution < -0.4 is 10.1 Å². The largest absolute Gasteiger partial charge is 0.493 e. The topological polar surface area (TPSA) is 21.3 Å². The van der Waals surface area contributed by atoms with E-state index < -0.39 is 0 Å². The fourth-order valence-electron chi connectivity index (χ4n) is 2.44. The first kappa shape index (κ1) is 13.6. The second kappa shape index (κ2) is 5.55. The number of rotatable bonds is 3. The predicted octanol–water partition coefficient (Wildman–Crippen LogP) is 4.85. The van der Waals surface area contributed by atoms with Gasteiger partial charge in [-0.1, -0.05) is 29.3 Å². The third-order valence-corrected chi connectivity index (χ3v) is 3.96. The summed E-state index contributed by atoms with van der Waals surface area (Å²) < 4.78 is 5.70. The lowest BCUT2D eigenvalue weighted by atomic mass is 10.1. The minimum atomic E-state index is 0.645. The molecule has 0 unspecified atom stereocenters. The molecule has 0 atom stereocenters. The SMILES string of the molecule is Cc1ccc(Cl)c(NCc2cc(Cl)cc3c2OCC3)c1. The highest BCUT2D eigenvalue weighted by molar-refractivity contribution is 6.33. The summed E-state index contributed by atoms with van der Waals surface area (Å²) in [5.74, 6) is 0.964. The van der Waals surface area contributed by atoms with Gasteiger partial charge >= 0.3 is 0 Å². The molecule has 1 aliphatic rings. The van der Waals surface area contributed by atoms with Crippen molar-refractivity contribution in [2.75, 3.05) is 11.9 Å². The van der Waals surface area contributed by atoms with Gasteiger partial charge in [0.25, 0.3) is 0 Å². The van der Waals surface area contributed by atoms with Crippen molar-refractivity contribution in [1.29, 1.82) is 0 Å². The van der Waals surface area contributed by atoms with E-state index in [1.807, 2.05) is 37.3 Å². The maximum atomic E-state index is 6.19.